The number of rotatable bonds is 3. The molecular weight excluding hydrogens is 286 g/mol. The van der Waals surface area contributed by atoms with E-state index in [-0.39, 0.29) is 10.7 Å². The number of nitro groups is 1. The second-order valence-electron chi connectivity index (χ2n) is 4.88. The van der Waals surface area contributed by atoms with Crippen LogP contribution in [0.25, 0.3) is 0 Å². The van der Waals surface area contributed by atoms with E-state index in [0.717, 1.165) is 0 Å². The third-order valence-corrected chi connectivity index (χ3v) is 3.60. The molecule has 1 aromatic heterocycles. The molecule has 1 aromatic rings. The molecule has 0 atom stereocenters. The van der Waals surface area contributed by atoms with Gasteiger partial charge < -0.3 is 10.1 Å². The lowest BCUT2D eigenvalue weighted by Gasteiger charge is -2.34. The highest BCUT2D eigenvalue weighted by molar-refractivity contribution is 6.32. The molecule has 1 amide bonds. The highest BCUT2D eigenvalue weighted by Gasteiger charge is 2.32. The summed E-state index contributed by atoms with van der Waals surface area (Å²) in [6, 6.07) is 1.29. The zero-order valence-electron chi connectivity index (χ0n) is 10.9. The van der Waals surface area contributed by atoms with E-state index in [1.807, 2.05) is 6.92 Å². The number of hydrogen-bond donors (Lipinski definition) is 1. The van der Waals surface area contributed by atoms with Crippen LogP contribution in [0.5, 0.6) is 0 Å². The van der Waals surface area contributed by atoms with E-state index in [1.54, 1.807) is 0 Å². The molecule has 1 fully saturated rings. The van der Waals surface area contributed by atoms with Crippen LogP contribution in [0.4, 0.5) is 5.69 Å². The predicted octanol–water partition coefficient (Wildman–Crippen LogP) is 1.94. The average Bonchev–Trinajstić information content (AvgIpc) is 2.38. The van der Waals surface area contributed by atoms with Crippen molar-refractivity contribution in [3.05, 3.63) is 33.1 Å². The van der Waals surface area contributed by atoms with Gasteiger partial charge in [-0.2, -0.15) is 0 Å². The van der Waals surface area contributed by atoms with Gasteiger partial charge in [0.15, 0.2) is 0 Å². The fourth-order valence-electron chi connectivity index (χ4n) is 2.07. The lowest BCUT2D eigenvalue weighted by molar-refractivity contribution is -0.385. The molecule has 7 nitrogen and oxygen atoms in total. The summed E-state index contributed by atoms with van der Waals surface area (Å²) >= 11 is 5.69. The van der Waals surface area contributed by atoms with Gasteiger partial charge in [0.05, 0.1) is 4.92 Å². The summed E-state index contributed by atoms with van der Waals surface area (Å²) in [5, 5.41) is 13.5. The van der Waals surface area contributed by atoms with Gasteiger partial charge in [-0.15, -0.1) is 0 Å². The zero-order valence-corrected chi connectivity index (χ0v) is 11.6. The van der Waals surface area contributed by atoms with Gasteiger partial charge in [0.25, 0.3) is 5.91 Å². The van der Waals surface area contributed by atoms with Crippen molar-refractivity contribution in [2.24, 2.45) is 0 Å². The molecule has 1 saturated heterocycles. The summed E-state index contributed by atoms with van der Waals surface area (Å²) in [5.41, 5.74) is -0.982. The van der Waals surface area contributed by atoms with Gasteiger partial charge in [-0.3, -0.25) is 14.9 Å². The van der Waals surface area contributed by atoms with Crippen LogP contribution in [0.3, 0.4) is 0 Å². The van der Waals surface area contributed by atoms with Crippen LogP contribution >= 0.6 is 11.6 Å². The highest BCUT2D eigenvalue weighted by atomic mass is 35.5. The van der Waals surface area contributed by atoms with Crippen molar-refractivity contribution in [1.29, 1.82) is 0 Å². The molecule has 0 aliphatic carbocycles. The predicted molar refractivity (Wildman–Crippen MR) is 71.8 cm³/mol. The van der Waals surface area contributed by atoms with E-state index >= 15 is 0 Å². The molecule has 2 rings (SSSR count). The summed E-state index contributed by atoms with van der Waals surface area (Å²) in [4.78, 5) is 26.2. The molecule has 0 bridgehead atoms. The minimum Gasteiger partial charge on any atom is -0.381 e. The molecule has 1 aliphatic heterocycles. The Morgan fingerprint density at radius 2 is 2.20 bits per heavy atom. The Labute approximate surface area is 120 Å². The molecule has 0 aromatic carbocycles. The third kappa shape index (κ3) is 3.05. The van der Waals surface area contributed by atoms with Crippen molar-refractivity contribution in [3.8, 4) is 0 Å². The second kappa shape index (κ2) is 5.72. The quantitative estimate of drug-likeness (QED) is 0.523. The summed E-state index contributed by atoms with van der Waals surface area (Å²) < 4.78 is 5.24. The number of nitrogens with zero attached hydrogens (tertiary/aromatic N) is 2. The number of ether oxygens (including phenoxy) is 1. The molecule has 0 spiro atoms. The van der Waals surface area contributed by atoms with Crippen molar-refractivity contribution in [2.75, 3.05) is 13.2 Å². The van der Waals surface area contributed by atoms with Gasteiger partial charge in [-0.1, -0.05) is 11.6 Å². The lowest BCUT2D eigenvalue weighted by Crippen LogP contribution is -2.49. The van der Waals surface area contributed by atoms with Crippen molar-refractivity contribution in [1.82, 2.24) is 10.3 Å². The van der Waals surface area contributed by atoms with Gasteiger partial charge in [0.1, 0.15) is 5.56 Å². The van der Waals surface area contributed by atoms with Gasteiger partial charge in [-0.05, 0) is 25.8 Å². The fourth-order valence-corrected chi connectivity index (χ4v) is 2.30. The van der Waals surface area contributed by atoms with Crippen molar-refractivity contribution in [2.45, 2.75) is 25.3 Å². The van der Waals surface area contributed by atoms with E-state index in [2.05, 4.69) is 10.3 Å². The van der Waals surface area contributed by atoms with E-state index in [9.17, 15) is 14.9 Å². The van der Waals surface area contributed by atoms with E-state index in [4.69, 9.17) is 16.3 Å². The number of aromatic nitrogens is 1. The molecule has 20 heavy (non-hydrogen) atoms. The molecule has 0 saturated carbocycles. The van der Waals surface area contributed by atoms with Crippen molar-refractivity contribution >= 4 is 23.2 Å². The molecule has 108 valence electrons. The van der Waals surface area contributed by atoms with Crippen LogP contribution in [0, 0.1) is 10.1 Å². The maximum absolute atomic E-state index is 12.3. The first-order valence-electron chi connectivity index (χ1n) is 6.12. The molecule has 2 heterocycles. The first kappa shape index (κ1) is 14.7. The Morgan fingerprint density at radius 1 is 1.55 bits per heavy atom. The number of pyridine rings is 1. The molecule has 0 unspecified atom stereocenters. The standard InChI is InChI=1S/C12H14ClN3O4/c1-12(3-6-20-7-4-12)15-11(17)8-2-5-14-10(13)9(8)16(18)19/h2,5H,3-4,6-7H2,1H3,(H,15,17). The summed E-state index contributed by atoms with van der Waals surface area (Å²) in [7, 11) is 0. The molecule has 8 heteroatoms. The largest absolute Gasteiger partial charge is 0.381 e. The average molecular weight is 300 g/mol. The maximum atomic E-state index is 12.3. The number of carbonyl (C=O) groups is 1. The summed E-state index contributed by atoms with van der Waals surface area (Å²) in [6.45, 7) is 2.99. The first-order valence-corrected chi connectivity index (χ1v) is 6.50. The number of amides is 1. The van der Waals surface area contributed by atoms with Gasteiger partial charge >= 0.3 is 5.69 Å². The molecule has 1 aliphatic rings. The van der Waals surface area contributed by atoms with Crippen LogP contribution in [0.1, 0.15) is 30.1 Å². The van der Waals surface area contributed by atoms with E-state index < -0.39 is 22.1 Å². The highest BCUT2D eigenvalue weighted by Crippen LogP contribution is 2.27. The normalized spacial score (nSPS) is 17.5. The van der Waals surface area contributed by atoms with Crippen molar-refractivity contribution < 1.29 is 14.5 Å². The topological polar surface area (TPSA) is 94.4 Å². The third-order valence-electron chi connectivity index (χ3n) is 3.32. The Kier molecular flexibility index (Phi) is 4.20. The second-order valence-corrected chi connectivity index (χ2v) is 5.24. The smallest absolute Gasteiger partial charge is 0.319 e. The zero-order chi connectivity index (χ0) is 14.8. The van der Waals surface area contributed by atoms with Gasteiger partial charge in [0, 0.05) is 24.9 Å². The van der Waals surface area contributed by atoms with E-state index in [1.165, 1.54) is 12.3 Å². The Bertz CT molecular complexity index is 544. The number of hydrogen-bond acceptors (Lipinski definition) is 5. The summed E-state index contributed by atoms with van der Waals surface area (Å²) in [5.74, 6) is -0.523. The van der Waals surface area contributed by atoms with E-state index in [0.29, 0.717) is 26.1 Å². The lowest BCUT2D eigenvalue weighted by atomic mass is 9.92. The minimum absolute atomic E-state index is 0.0808. The Morgan fingerprint density at radius 3 is 2.80 bits per heavy atom. The fraction of sp³-hybridized carbons (Fsp3) is 0.500. The number of halogens is 1. The minimum atomic E-state index is -0.698. The molecular formula is C12H14ClN3O4. The monoisotopic (exact) mass is 299 g/mol. The SMILES string of the molecule is CC1(NC(=O)c2ccnc(Cl)c2[N+](=O)[O-])CCOCC1. The number of carbonyl (C=O) groups excluding carboxylic acids is 1. The number of nitrogens with one attached hydrogen (secondary N) is 1. The first-order chi connectivity index (χ1) is 9.43. The van der Waals surface area contributed by atoms with Crippen molar-refractivity contribution in [3.63, 3.8) is 0 Å². The maximum Gasteiger partial charge on any atom is 0.319 e. The Balaban J connectivity index is 2.25. The van der Waals surface area contributed by atoms with Gasteiger partial charge in [0.2, 0.25) is 5.15 Å². The Hall–Kier alpha value is -1.73. The van der Waals surface area contributed by atoms with Crippen LogP contribution in [0.2, 0.25) is 5.15 Å². The van der Waals surface area contributed by atoms with Crippen LogP contribution in [-0.4, -0.2) is 34.6 Å². The molecule has 1 N–H and O–H groups in total. The molecule has 0 radical (unpaired) electrons. The summed E-state index contributed by atoms with van der Waals surface area (Å²) in [6.07, 6.45) is 2.59. The van der Waals surface area contributed by atoms with Crippen LogP contribution < -0.4 is 5.32 Å². The van der Waals surface area contributed by atoms with Gasteiger partial charge in [-0.25, -0.2) is 4.98 Å². The van der Waals surface area contributed by atoms with Crippen LogP contribution in [-0.2, 0) is 4.74 Å². The van der Waals surface area contributed by atoms with Crippen LogP contribution in [0.15, 0.2) is 12.3 Å².